The van der Waals surface area contributed by atoms with Crippen LogP contribution in [0, 0.1) is 20.8 Å². The highest BCUT2D eigenvalue weighted by Gasteiger charge is 2.33. The SMILES string of the molecule is CNC1c2ccccc2CC1Oc1cc(C)cc(C)c1C. The summed E-state index contributed by atoms with van der Waals surface area (Å²) in [6.07, 6.45) is 1.13. The third-order valence-electron chi connectivity index (χ3n) is 4.54. The van der Waals surface area contributed by atoms with E-state index in [4.69, 9.17) is 4.74 Å². The number of rotatable bonds is 3. The van der Waals surface area contributed by atoms with Gasteiger partial charge in [-0.05, 0) is 61.7 Å². The molecule has 2 heteroatoms. The topological polar surface area (TPSA) is 21.3 Å². The van der Waals surface area contributed by atoms with Crippen LogP contribution in [0.15, 0.2) is 36.4 Å². The number of fused-ring (bicyclic) bond motifs is 1. The standard InChI is InChI=1S/C19H23NO/c1-12-9-13(2)14(3)17(10-12)21-18-11-15-7-5-6-8-16(15)19(18)20-4/h5-10,18-20H,11H2,1-4H3. The van der Waals surface area contributed by atoms with E-state index in [0.717, 1.165) is 12.2 Å². The second-order valence-electron chi connectivity index (χ2n) is 6.03. The summed E-state index contributed by atoms with van der Waals surface area (Å²) >= 11 is 0. The smallest absolute Gasteiger partial charge is 0.123 e. The van der Waals surface area contributed by atoms with E-state index in [2.05, 4.69) is 62.5 Å². The summed E-state index contributed by atoms with van der Waals surface area (Å²) in [5.74, 6) is 1.02. The Balaban J connectivity index is 1.90. The van der Waals surface area contributed by atoms with Crippen LogP contribution in [-0.4, -0.2) is 13.2 Å². The van der Waals surface area contributed by atoms with Gasteiger partial charge < -0.3 is 10.1 Å². The molecule has 1 N–H and O–H groups in total. The van der Waals surface area contributed by atoms with Crippen LogP contribution in [0.5, 0.6) is 5.75 Å². The first-order valence-electron chi connectivity index (χ1n) is 7.59. The van der Waals surface area contributed by atoms with E-state index < -0.39 is 0 Å². The molecule has 1 aliphatic carbocycles. The van der Waals surface area contributed by atoms with E-state index in [1.807, 2.05) is 7.05 Å². The number of aryl methyl sites for hydroxylation is 2. The lowest BCUT2D eigenvalue weighted by molar-refractivity contribution is 0.170. The Morgan fingerprint density at radius 3 is 2.62 bits per heavy atom. The highest BCUT2D eigenvalue weighted by Crippen LogP contribution is 2.35. The van der Waals surface area contributed by atoms with Gasteiger partial charge in [-0.2, -0.15) is 0 Å². The molecule has 21 heavy (non-hydrogen) atoms. The van der Waals surface area contributed by atoms with Crippen molar-refractivity contribution in [3.8, 4) is 5.75 Å². The van der Waals surface area contributed by atoms with Gasteiger partial charge in [-0.15, -0.1) is 0 Å². The van der Waals surface area contributed by atoms with Crippen LogP contribution < -0.4 is 10.1 Å². The predicted molar refractivity (Wildman–Crippen MR) is 87.0 cm³/mol. The highest BCUT2D eigenvalue weighted by atomic mass is 16.5. The van der Waals surface area contributed by atoms with Gasteiger partial charge in [-0.1, -0.05) is 30.3 Å². The number of likely N-dealkylation sites (N-methyl/N-ethyl adjacent to an activating group) is 1. The van der Waals surface area contributed by atoms with Gasteiger partial charge in [-0.3, -0.25) is 0 Å². The molecule has 0 bridgehead atoms. The first kappa shape index (κ1) is 14.2. The summed E-state index contributed by atoms with van der Waals surface area (Å²) in [6.45, 7) is 6.41. The lowest BCUT2D eigenvalue weighted by Crippen LogP contribution is -2.30. The van der Waals surface area contributed by atoms with Gasteiger partial charge in [0.05, 0.1) is 6.04 Å². The lowest BCUT2D eigenvalue weighted by Gasteiger charge is -2.23. The minimum absolute atomic E-state index is 0.160. The Kier molecular flexibility index (Phi) is 3.73. The average Bonchev–Trinajstić information content (AvgIpc) is 2.81. The first-order chi connectivity index (χ1) is 10.1. The van der Waals surface area contributed by atoms with Crippen molar-refractivity contribution < 1.29 is 4.74 Å². The molecule has 0 spiro atoms. The zero-order valence-electron chi connectivity index (χ0n) is 13.2. The predicted octanol–water partition coefficient (Wildman–Crippen LogP) is 3.88. The Morgan fingerprint density at radius 2 is 1.86 bits per heavy atom. The van der Waals surface area contributed by atoms with Gasteiger partial charge in [-0.25, -0.2) is 0 Å². The van der Waals surface area contributed by atoms with Crippen molar-refractivity contribution in [3.05, 3.63) is 64.2 Å². The highest BCUT2D eigenvalue weighted by molar-refractivity contribution is 5.43. The molecule has 0 amide bonds. The van der Waals surface area contributed by atoms with Crippen LogP contribution in [0.3, 0.4) is 0 Å². The van der Waals surface area contributed by atoms with Gasteiger partial charge >= 0.3 is 0 Å². The van der Waals surface area contributed by atoms with Crippen molar-refractivity contribution in [2.75, 3.05) is 7.05 Å². The quantitative estimate of drug-likeness (QED) is 0.922. The number of benzene rings is 2. The molecule has 2 aromatic carbocycles. The molecule has 0 saturated heterocycles. The summed E-state index contributed by atoms with van der Waals surface area (Å²) in [6, 6.07) is 13.2. The van der Waals surface area contributed by atoms with Gasteiger partial charge in [0.15, 0.2) is 0 Å². The summed E-state index contributed by atoms with van der Waals surface area (Å²) < 4.78 is 6.39. The fourth-order valence-corrected chi connectivity index (χ4v) is 3.30. The molecule has 2 unspecified atom stereocenters. The van der Waals surface area contributed by atoms with E-state index in [1.165, 1.54) is 27.8 Å². The van der Waals surface area contributed by atoms with E-state index >= 15 is 0 Å². The van der Waals surface area contributed by atoms with Crippen LogP contribution in [0.25, 0.3) is 0 Å². The summed E-state index contributed by atoms with van der Waals surface area (Å²) in [5, 5.41) is 3.41. The second kappa shape index (κ2) is 5.53. The van der Waals surface area contributed by atoms with Crippen molar-refractivity contribution in [1.29, 1.82) is 0 Å². The summed E-state index contributed by atoms with van der Waals surface area (Å²) in [4.78, 5) is 0. The van der Waals surface area contributed by atoms with Gasteiger partial charge in [0.1, 0.15) is 11.9 Å². The molecule has 3 rings (SSSR count). The van der Waals surface area contributed by atoms with Crippen LogP contribution >= 0.6 is 0 Å². The molecule has 2 nitrogen and oxygen atoms in total. The van der Waals surface area contributed by atoms with E-state index in [0.29, 0.717) is 0 Å². The first-order valence-corrected chi connectivity index (χ1v) is 7.59. The fraction of sp³-hybridized carbons (Fsp3) is 0.368. The van der Waals surface area contributed by atoms with Crippen LogP contribution in [0.1, 0.15) is 33.9 Å². The zero-order valence-corrected chi connectivity index (χ0v) is 13.2. The number of ether oxygens (including phenoxy) is 1. The zero-order chi connectivity index (χ0) is 15.0. The largest absolute Gasteiger partial charge is 0.488 e. The maximum absolute atomic E-state index is 6.39. The monoisotopic (exact) mass is 281 g/mol. The molecule has 2 aromatic rings. The molecule has 0 heterocycles. The lowest BCUT2D eigenvalue weighted by atomic mass is 10.1. The van der Waals surface area contributed by atoms with E-state index in [-0.39, 0.29) is 12.1 Å². The molecule has 0 radical (unpaired) electrons. The van der Waals surface area contributed by atoms with Crippen molar-refractivity contribution >= 4 is 0 Å². The Labute approximate surface area is 127 Å². The van der Waals surface area contributed by atoms with Crippen molar-refractivity contribution in [3.63, 3.8) is 0 Å². The minimum atomic E-state index is 0.160. The maximum Gasteiger partial charge on any atom is 0.123 e. The fourth-order valence-electron chi connectivity index (χ4n) is 3.30. The van der Waals surface area contributed by atoms with Crippen molar-refractivity contribution in [1.82, 2.24) is 5.32 Å². The van der Waals surface area contributed by atoms with Crippen LogP contribution in [0.2, 0.25) is 0 Å². The molecule has 0 aromatic heterocycles. The third-order valence-corrected chi connectivity index (χ3v) is 4.54. The number of nitrogens with one attached hydrogen (secondary N) is 1. The molecular formula is C19H23NO. The third kappa shape index (κ3) is 2.56. The molecule has 0 aliphatic heterocycles. The minimum Gasteiger partial charge on any atom is -0.488 e. The molecule has 0 saturated carbocycles. The van der Waals surface area contributed by atoms with Gasteiger partial charge in [0, 0.05) is 6.42 Å². The van der Waals surface area contributed by atoms with E-state index in [1.54, 1.807) is 0 Å². The maximum atomic E-state index is 6.39. The Bertz CT molecular complexity index is 663. The van der Waals surface area contributed by atoms with Crippen molar-refractivity contribution in [2.45, 2.75) is 39.3 Å². The van der Waals surface area contributed by atoms with Crippen molar-refractivity contribution in [2.24, 2.45) is 0 Å². The molecule has 2 atom stereocenters. The number of hydrogen-bond donors (Lipinski definition) is 1. The van der Waals surface area contributed by atoms with Gasteiger partial charge in [0.25, 0.3) is 0 Å². The van der Waals surface area contributed by atoms with Gasteiger partial charge in [0.2, 0.25) is 0 Å². The van der Waals surface area contributed by atoms with E-state index in [9.17, 15) is 0 Å². The normalized spacial score (nSPS) is 20.4. The molecular weight excluding hydrogens is 258 g/mol. The molecule has 110 valence electrons. The Hall–Kier alpha value is -1.80. The van der Waals surface area contributed by atoms with Crippen LogP contribution in [-0.2, 0) is 6.42 Å². The molecule has 1 aliphatic rings. The van der Waals surface area contributed by atoms with Crippen LogP contribution in [0.4, 0.5) is 0 Å². The average molecular weight is 281 g/mol. The summed E-state index contributed by atoms with van der Waals surface area (Å²) in [5.41, 5.74) is 6.55. The summed E-state index contributed by atoms with van der Waals surface area (Å²) in [7, 11) is 2.01. The molecule has 0 fully saturated rings. The second-order valence-corrected chi connectivity index (χ2v) is 6.03. The number of hydrogen-bond acceptors (Lipinski definition) is 2. The Morgan fingerprint density at radius 1 is 1.10 bits per heavy atom.